The van der Waals surface area contributed by atoms with E-state index in [9.17, 15) is 34.4 Å². The molecular weight excluding hydrogens is 434 g/mol. The first-order chi connectivity index (χ1) is 14.5. The number of β-lactam (4-membered cyclic amide) rings is 1. The number of carboxylic acid groups (broad SMARTS) is 1. The van der Waals surface area contributed by atoms with E-state index in [0.29, 0.717) is 5.69 Å². The summed E-state index contributed by atoms with van der Waals surface area (Å²) in [7, 11) is 0. The molecule has 1 fully saturated rings. The average Bonchev–Trinajstić information content (AvgIpc) is 3.10. The van der Waals surface area contributed by atoms with Gasteiger partial charge in [0, 0.05) is 18.2 Å². The monoisotopic (exact) mass is 453 g/mol. The summed E-state index contributed by atoms with van der Waals surface area (Å²) in [4.78, 5) is 59.3. The van der Waals surface area contributed by atoms with Gasteiger partial charge in [0.15, 0.2) is 0 Å². The number of thioether (sulfide) groups is 1. The van der Waals surface area contributed by atoms with Crippen LogP contribution < -0.4 is 5.32 Å². The summed E-state index contributed by atoms with van der Waals surface area (Å²) in [5.74, 6) is -3.31. The van der Waals surface area contributed by atoms with Gasteiger partial charge in [0.25, 0.3) is 5.91 Å². The van der Waals surface area contributed by atoms with E-state index in [-0.39, 0.29) is 23.6 Å². The van der Waals surface area contributed by atoms with Crippen LogP contribution in [0.25, 0.3) is 0 Å². The third-order valence-corrected chi connectivity index (χ3v) is 6.18. The number of nitro groups is 1. The molecule has 2 aliphatic rings. The first-order valence-corrected chi connectivity index (χ1v) is 10.1. The second-order valence-corrected chi connectivity index (χ2v) is 8.06. The zero-order valence-electron chi connectivity index (χ0n) is 16.7. The van der Waals surface area contributed by atoms with Crippen molar-refractivity contribution in [3.63, 3.8) is 0 Å². The Morgan fingerprint density at radius 1 is 1.48 bits per heavy atom. The van der Waals surface area contributed by atoms with Crippen molar-refractivity contribution in [2.75, 3.05) is 12.4 Å². The number of aryl methyl sites for hydroxylation is 1. The van der Waals surface area contributed by atoms with E-state index >= 15 is 0 Å². The molecule has 3 heterocycles. The van der Waals surface area contributed by atoms with Gasteiger partial charge in [-0.2, -0.15) is 4.68 Å². The van der Waals surface area contributed by atoms with Gasteiger partial charge in [0.2, 0.25) is 5.91 Å². The van der Waals surface area contributed by atoms with Crippen LogP contribution in [-0.4, -0.2) is 72.2 Å². The molecule has 0 aromatic carbocycles. The normalized spacial score (nSPS) is 21.1. The summed E-state index contributed by atoms with van der Waals surface area (Å²) < 4.78 is 6.05. The number of esters is 1. The van der Waals surface area contributed by atoms with Crippen LogP contribution in [0.15, 0.2) is 17.3 Å². The van der Waals surface area contributed by atoms with Crippen molar-refractivity contribution in [1.29, 1.82) is 0 Å². The number of rotatable bonds is 7. The quantitative estimate of drug-likeness (QED) is 0.247. The second kappa shape index (κ2) is 8.37. The van der Waals surface area contributed by atoms with Gasteiger partial charge >= 0.3 is 17.8 Å². The van der Waals surface area contributed by atoms with Crippen molar-refractivity contribution in [1.82, 2.24) is 20.0 Å². The first kappa shape index (κ1) is 22.3. The van der Waals surface area contributed by atoms with Crippen LogP contribution in [0.4, 0.5) is 5.82 Å². The van der Waals surface area contributed by atoms with Crippen LogP contribution in [-0.2, 0) is 23.9 Å². The molecule has 0 saturated carbocycles. The van der Waals surface area contributed by atoms with Crippen LogP contribution in [0.1, 0.15) is 25.6 Å². The number of aromatic nitrogens is 2. The molecule has 1 aromatic heterocycles. The number of nitrogens with zero attached hydrogens (tertiary/aromatic N) is 4. The third kappa shape index (κ3) is 4.10. The number of hydrogen-bond acceptors (Lipinski definition) is 9. The van der Waals surface area contributed by atoms with Gasteiger partial charge in [-0.25, -0.2) is 4.79 Å². The molecule has 3 rings (SSSR count). The molecule has 166 valence electrons. The first-order valence-electron chi connectivity index (χ1n) is 9.07. The number of carbonyl (C=O) groups is 4. The summed E-state index contributed by atoms with van der Waals surface area (Å²) in [6, 6.07) is -0.667. The van der Waals surface area contributed by atoms with Crippen LogP contribution >= 0.6 is 11.8 Å². The molecule has 0 bridgehead atoms. The Bertz CT molecular complexity index is 1020. The lowest BCUT2D eigenvalue weighted by Gasteiger charge is -2.49. The zero-order chi connectivity index (χ0) is 23.0. The largest absolute Gasteiger partial charge is 0.477 e. The standard InChI is InChI=1S/C17H19N5O8S/c1-7-4-11(22(28)29)19-21(7)8(2)14(24)18-12-15(25)20-13(17(26)27)10(5-30-9(3)23)6-31-16(12)20/h4,8,12,16H,5-6H2,1-3H3,(H,18,24)(H,26,27). The van der Waals surface area contributed by atoms with E-state index in [4.69, 9.17) is 4.74 Å². The van der Waals surface area contributed by atoms with Crippen LogP contribution in [0.2, 0.25) is 0 Å². The molecule has 31 heavy (non-hydrogen) atoms. The summed E-state index contributed by atoms with van der Waals surface area (Å²) in [6.45, 7) is 3.99. The molecular formula is C17H19N5O8S. The Labute approximate surface area is 179 Å². The topological polar surface area (TPSA) is 174 Å². The van der Waals surface area contributed by atoms with Gasteiger partial charge < -0.3 is 25.3 Å². The maximum absolute atomic E-state index is 12.6. The maximum Gasteiger partial charge on any atom is 0.390 e. The van der Waals surface area contributed by atoms with E-state index < -0.39 is 52.0 Å². The minimum absolute atomic E-state index is 0.204. The highest BCUT2D eigenvalue weighted by molar-refractivity contribution is 8.00. The van der Waals surface area contributed by atoms with Crippen molar-refractivity contribution in [2.24, 2.45) is 0 Å². The number of hydrogen-bond donors (Lipinski definition) is 2. The highest BCUT2D eigenvalue weighted by atomic mass is 32.2. The zero-order valence-corrected chi connectivity index (χ0v) is 17.5. The lowest BCUT2D eigenvalue weighted by Crippen LogP contribution is -2.71. The number of aliphatic carboxylic acids is 1. The van der Waals surface area contributed by atoms with Gasteiger partial charge in [0.1, 0.15) is 29.8 Å². The molecule has 0 spiro atoms. The molecule has 0 aliphatic carbocycles. The number of nitrogens with one attached hydrogen (secondary N) is 1. The molecule has 13 nitrogen and oxygen atoms in total. The van der Waals surface area contributed by atoms with E-state index in [1.54, 1.807) is 6.92 Å². The number of fused-ring (bicyclic) bond motifs is 1. The molecule has 3 unspecified atom stereocenters. The number of carbonyl (C=O) groups excluding carboxylic acids is 3. The minimum atomic E-state index is -1.33. The molecule has 14 heteroatoms. The van der Waals surface area contributed by atoms with Gasteiger partial charge in [-0.05, 0) is 18.8 Å². The van der Waals surface area contributed by atoms with Crippen molar-refractivity contribution in [2.45, 2.75) is 38.2 Å². The molecule has 1 aromatic rings. The molecule has 2 N–H and O–H groups in total. The van der Waals surface area contributed by atoms with Gasteiger partial charge in [-0.1, -0.05) is 0 Å². The fraction of sp³-hybridized carbons (Fsp3) is 0.471. The van der Waals surface area contributed by atoms with Crippen molar-refractivity contribution < 1.29 is 33.9 Å². The Balaban J connectivity index is 1.73. The third-order valence-electron chi connectivity index (χ3n) is 4.84. The summed E-state index contributed by atoms with van der Waals surface area (Å²) in [6.07, 6.45) is 0. The summed E-state index contributed by atoms with van der Waals surface area (Å²) in [5, 5.41) is 26.2. The Morgan fingerprint density at radius 2 is 2.16 bits per heavy atom. The van der Waals surface area contributed by atoms with Gasteiger partial charge in [-0.3, -0.25) is 19.3 Å². The lowest BCUT2D eigenvalue weighted by molar-refractivity contribution is -0.389. The molecule has 2 aliphatic heterocycles. The fourth-order valence-electron chi connectivity index (χ4n) is 3.32. The van der Waals surface area contributed by atoms with Crippen LogP contribution in [0, 0.1) is 17.0 Å². The van der Waals surface area contributed by atoms with Crippen LogP contribution in [0.5, 0.6) is 0 Å². The minimum Gasteiger partial charge on any atom is -0.477 e. The Kier molecular flexibility index (Phi) is 6.01. The van der Waals surface area contributed by atoms with Crippen LogP contribution in [0.3, 0.4) is 0 Å². The Hall–Kier alpha value is -3.42. The fourth-order valence-corrected chi connectivity index (χ4v) is 4.65. The predicted molar refractivity (Wildman–Crippen MR) is 105 cm³/mol. The molecule has 2 amide bonds. The van der Waals surface area contributed by atoms with Crippen molar-refractivity contribution >= 4 is 41.3 Å². The highest BCUT2D eigenvalue weighted by Gasteiger charge is 2.54. The highest BCUT2D eigenvalue weighted by Crippen LogP contribution is 2.40. The second-order valence-electron chi connectivity index (χ2n) is 6.96. The Morgan fingerprint density at radius 3 is 2.71 bits per heavy atom. The smallest absolute Gasteiger partial charge is 0.390 e. The number of carboxylic acids is 1. The number of amides is 2. The van der Waals surface area contributed by atoms with Gasteiger partial charge in [-0.15, -0.1) is 11.8 Å². The predicted octanol–water partition coefficient (Wildman–Crippen LogP) is -0.0376. The lowest BCUT2D eigenvalue weighted by atomic mass is 10.0. The van der Waals surface area contributed by atoms with E-state index in [1.165, 1.54) is 36.4 Å². The van der Waals surface area contributed by atoms with E-state index in [1.807, 2.05) is 0 Å². The van der Waals surface area contributed by atoms with Crippen molar-refractivity contribution in [3.05, 3.63) is 33.1 Å². The summed E-state index contributed by atoms with van der Waals surface area (Å²) in [5.41, 5.74) is 0.427. The molecule has 3 atom stereocenters. The van der Waals surface area contributed by atoms with Gasteiger partial charge in [0.05, 0.1) is 16.9 Å². The SMILES string of the molecule is CC(=O)OCC1=C(C(=O)O)N2C(=O)C(NC(=O)C(C)n3nc([N+](=O)[O-])cc3C)C2SC1. The molecule has 1 saturated heterocycles. The molecule has 0 radical (unpaired) electrons. The van der Waals surface area contributed by atoms with E-state index in [2.05, 4.69) is 10.4 Å². The number of ether oxygens (including phenoxy) is 1. The van der Waals surface area contributed by atoms with E-state index in [0.717, 1.165) is 4.90 Å². The van der Waals surface area contributed by atoms with Crippen molar-refractivity contribution in [3.8, 4) is 0 Å². The maximum atomic E-state index is 12.6. The average molecular weight is 453 g/mol. The summed E-state index contributed by atoms with van der Waals surface area (Å²) >= 11 is 1.23.